The Morgan fingerprint density at radius 3 is 3.00 bits per heavy atom. The Bertz CT molecular complexity index is 534. The molecule has 1 aromatic carbocycles. The summed E-state index contributed by atoms with van der Waals surface area (Å²) in [6.45, 7) is 0.504. The van der Waals surface area contributed by atoms with E-state index in [0.717, 1.165) is 30.7 Å². The molecule has 0 aromatic heterocycles. The van der Waals surface area contributed by atoms with Gasteiger partial charge in [-0.05, 0) is 31.4 Å². The summed E-state index contributed by atoms with van der Waals surface area (Å²) in [5.74, 6) is 0.691. The molecule has 2 fully saturated rings. The Balaban J connectivity index is 1.40. The van der Waals surface area contributed by atoms with Crippen LogP contribution in [0.15, 0.2) is 24.3 Å². The van der Waals surface area contributed by atoms with Crippen molar-refractivity contribution in [2.45, 2.75) is 43.6 Å². The fourth-order valence-electron chi connectivity index (χ4n) is 3.32. The molecule has 20 heavy (non-hydrogen) atoms. The van der Waals surface area contributed by atoms with E-state index in [4.69, 9.17) is 9.47 Å². The zero-order valence-electron chi connectivity index (χ0n) is 11.2. The zero-order chi connectivity index (χ0) is 13.5. The fraction of sp³-hybridized carbons (Fsp3) is 0.533. The Hall–Kier alpha value is -1.75. The SMILES string of the molecule is O=C(NC1CC2CCC1O2)C1CNc2ccccc2O1. The molecule has 4 unspecified atom stereocenters. The predicted molar refractivity (Wildman–Crippen MR) is 73.8 cm³/mol. The maximum Gasteiger partial charge on any atom is 0.263 e. The van der Waals surface area contributed by atoms with Gasteiger partial charge in [-0.1, -0.05) is 12.1 Å². The number of benzene rings is 1. The van der Waals surface area contributed by atoms with Crippen molar-refractivity contribution >= 4 is 11.6 Å². The zero-order valence-corrected chi connectivity index (χ0v) is 11.2. The lowest BCUT2D eigenvalue weighted by molar-refractivity contribution is -0.128. The lowest BCUT2D eigenvalue weighted by Gasteiger charge is -2.28. The molecule has 3 aliphatic rings. The number of ether oxygens (including phenoxy) is 2. The molecule has 0 aliphatic carbocycles. The number of carbonyl (C=O) groups is 1. The molecule has 0 saturated carbocycles. The number of fused-ring (bicyclic) bond motifs is 3. The van der Waals surface area contributed by atoms with Gasteiger partial charge in [0.05, 0.1) is 30.5 Å². The van der Waals surface area contributed by atoms with Gasteiger partial charge >= 0.3 is 0 Å². The van der Waals surface area contributed by atoms with Crippen LogP contribution in [0.4, 0.5) is 5.69 Å². The Kier molecular flexibility index (Phi) is 2.80. The van der Waals surface area contributed by atoms with Crippen molar-refractivity contribution in [2.24, 2.45) is 0 Å². The maximum absolute atomic E-state index is 12.3. The highest BCUT2D eigenvalue weighted by atomic mass is 16.5. The van der Waals surface area contributed by atoms with Crippen molar-refractivity contribution in [3.8, 4) is 5.75 Å². The summed E-state index contributed by atoms with van der Waals surface area (Å²) in [6.07, 6.45) is 3.20. The minimum Gasteiger partial charge on any atom is -0.477 e. The molecular formula is C15H18N2O3. The van der Waals surface area contributed by atoms with Gasteiger partial charge in [-0.25, -0.2) is 0 Å². The smallest absolute Gasteiger partial charge is 0.263 e. The molecule has 3 aliphatic heterocycles. The van der Waals surface area contributed by atoms with Gasteiger partial charge in [-0.15, -0.1) is 0 Å². The minimum atomic E-state index is -0.468. The van der Waals surface area contributed by atoms with E-state index in [1.54, 1.807) is 0 Å². The summed E-state index contributed by atoms with van der Waals surface area (Å²) >= 11 is 0. The van der Waals surface area contributed by atoms with Gasteiger partial charge in [0.25, 0.3) is 5.91 Å². The predicted octanol–water partition coefficient (Wildman–Crippen LogP) is 1.30. The van der Waals surface area contributed by atoms with E-state index in [-0.39, 0.29) is 18.1 Å². The molecular weight excluding hydrogens is 256 g/mol. The van der Waals surface area contributed by atoms with E-state index in [2.05, 4.69) is 10.6 Å². The highest BCUT2D eigenvalue weighted by Crippen LogP contribution is 2.34. The molecule has 0 radical (unpaired) electrons. The van der Waals surface area contributed by atoms with E-state index < -0.39 is 6.10 Å². The first-order chi connectivity index (χ1) is 9.79. The summed E-state index contributed by atoms with van der Waals surface area (Å²) < 4.78 is 11.5. The number of hydrogen-bond acceptors (Lipinski definition) is 4. The number of amides is 1. The van der Waals surface area contributed by atoms with Gasteiger partial charge in [0, 0.05) is 0 Å². The molecule has 4 rings (SSSR count). The molecule has 5 nitrogen and oxygen atoms in total. The minimum absolute atomic E-state index is 0.0480. The second-order valence-corrected chi connectivity index (χ2v) is 5.71. The molecule has 0 spiro atoms. The van der Waals surface area contributed by atoms with Crippen LogP contribution in [0.2, 0.25) is 0 Å². The molecule has 5 heteroatoms. The van der Waals surface area contributed by atoms with Crippen molar-refractivity contribution in [1.29, 1.82) is 0 Å². The van der Waals surface area contributed by atoms with Crippen LogP contribution in [0.3, 0.4) is 0 Å². The summed E-state index contributed by atoms with van der Waals surface area (Å²) in [5, 5.41) is 6.32. The number of carbonyl (C=O) groups excluding carboxylic acids is 1. The third kappa shape index (κ3) is 2.02. The van der Waals surface area contributed by atoms with Crippen molar-refractivity contribution in [3.63, 3.8) is 0 Å². The van der Waals surface area contributed by atoms with E-state index in [1.165, 1.54) is 0 Å². The molecule has 106 valence electrons. The Labute approximate surface area is 117 Å². The van der Waals surface area contributed by atoms with Gasteiger partial charge in [0.15, 0.2) is 6.10 Å². The highest BCUT2D eigenvalue weighted by molar-refractivity contribution is 5.83. The number of para-hydroxylation sites is 2. The van der Waals surface area contributed by atoms with Crippen LogP contribution in [0, 0.1) is 0 Å². The van der Waals surface area contributed by atoms with Gasteiger partial charge in [-0.2, -0.15) is 0 Å². The first-order valence-electron chi connectivity index (χ1n) is 7.25. The van der Waals surface area contributed by atoms with Crippen LogP contribution in [0.1, 0.15) is 19.3 Å². The molecule has 1 aromatic rings. The van der Waals surface area contributed by atoms with Crippen molar-refractivity contribution in [3.05, 3.63) is 24.3 Å². The summed E-state index contributed by atoms with van der Waals surface area (Å²) in [6, 6.07) is 7.84. The topological polar surface area (TPSA) is 59.6 Å². The van der Waals surface area contributed by atoms with Crippen LogP contribution in [0.25, 0.3) is 0 Å². The van der Waals surface area contributed by atoms with Gasteiger partial charge in [0.2, 0.25) is 0 Å². The average molecular weight is 274 g/mol. The number of nitrogens with one attached hydrogen (secondary N) is 2. The van der Waals surface area contributed by atoms with Crippen LogP contribution >= 0.6 is 0 Å². The van der Waals surface area contributed by atoms with Crippen LogP contribution < -0.4 is 15.4 Å². The van der Waals surface area contributed by atoms with Crippen molar-refractivity contribution in [1.82, 2.24) is 5.32 Å². The van der Waals surface area contributed by atoms with Gasteiger partial charge in [0.1, 0.15) is 5.75 Å². The lowest BCUT2D eigenvalue weighted by atomic mass is 9.95. The normalized spacial score (nSPS) is 34.0. The van der Waals surface area contributed by atoms with E-state index >= 15 is 0 Å². The monoisotopic (exact) mass is 274 g/mol. The first kappa shape index (κ1) is 12.0. The Morgan fingerprint density at radius 2 is 2.20 bits per heavy atom. The largest absolute Gasteiger partial charge is 0.477 e. The third-order valence-electron chi connectivity index (χ3n) is 4.36. The second-order valence-electron chi connectivity index (χ2n) is 5.71. The summed E-state index contributed by atoms with van der Waals surface area (Å²) in [4.78, 5) is 12.3. The fourth-order valence-corrected chi connectivity index (χ4v) is 3.32. The highest BCUT2D eigenvalue weighted by Gasteiger charge is 2.42. The quantitative estimate of drug-likeness (QED) is 0.853. The molecule has 2 bridgehead atoms. The first-order valence-corrected chi connectivity index (χ1v) is 7.25. The van der Waals surface area contributed by atoms with E-state index in [9.17, 15) is 4.79 Å². The maximum atomic E-state index is 12.3. The van der Waals surface area contributed by atoms with Crippen LogP contribution in [-0.2, 0) is 9.53 Å². The van der Waals surface area contributed by atoms with Crippen molar-refractivity contribution in [2.75, 3.05) is 11.9 Å². The molecule has 4 atom stereocenters. The molecule has 2 N–H and O–H groups in total. The van der Waals surface area contributed by atoms with E-state index in [1.807, 2.05) is 24.3 Å². The van der Waals surface area contributed by atoms with Crippen LogP contribution in [-0.4, -0.2) is 36.8 Å². The van der Waals surface area contributed by atoms with E-state index in [0.29, 0.717) is 12.6 Å². The lowest BCUT2D eigenvalue weighted by Crippen LogP contribution is -2.50. The van der Waals surface area contributed by atoms with Crippen LogP contribution in [0.5, 0.6) is 5.75 Å². The molecule has 2 saturated heterocycles. The average Bonchev–Trinajstić information content (AvgIpc) is 3.09. The van der Waals surface area contributed by atoms with Crippen molar-refractivity contribution < 1.29 is 14.3 Å². The summed E-state index contributed by atoms with van der Waals surface area (Å²) in [7, 11) is 0. The van der Waals surface area contributed by atoms with Gasteiger partial charge < -0.3 is 20.1 Å². The standard InChI is InChI=1S/C15H18N2O3/c18-15(17-11-7-9-5-6-13(11)19-9)14-8-16-10-3-1-2-4-12(10)20-14/h1-4,9,11,13-14,16H,5-8H2,(H,17,18). The third-order valence-corrected chi connectivity index (χ3v) is 4.36. The molecule has 3 heterocycles. The van der Waals surface area contributed by atoms with Gasteiger partial charge in [-0.3, -0.25) is 4.79 Å². The molecule has 1 amide bonds. The number of rotatable bonds is 2. The number of anilines is 1. The number of hydrogen-bond donors (Lipinski definition) is 2. The Morgan fingerprint density at radius 1 is 1.30 bits per heavy atom. The summed E-state index contributed by atoms with van der Waals surface area (Å²) in [5.41, 5.74) is 0.944. The second kappa shape index (κ2) is 4.66.